The fourth-order valence-electron chi connectivity index (χ4n) is 1.75. The molecule has 0 unspecified atom stereocenters. The van der Waals surface area contributed by atoms with E-state index in [2.05, 4.69) is 15.9 Å². The van der Waals surface area contributed by atoms with Gasteiger partial charge >= 0.3 is 0 Å². The summed E-state index contributed by atoms with van der Waals surface area (Å²) in [7, 11) is 3.35. The molecule has 3 nitrogen and oxygen atoms in total. The summed E-state index contributed by atoms with van der Waals surface area (Å²) in [5.74, 6) is 0.647. The number of aryl methyl sites for hydroxylation is 1. The SMILES string of the molecule is COc1ccccc1N(C)C(=O)c1cc(C)c(Br)s1. The Morgan fingerprint density at radius 3 is 2.63 bits per heavy atom. The Balaban J connectivity index is 2.33. The van der Waals surface area contributed by atoms with E-state index >= 15 is 0 Å². The summed E-state index contributed by atoms with van der Waals surface area (Å²) in [5, 5.41) is 0. The maximum Gasteiger partial charge on any atom is 0.268 e. The number of anilines is 1. The molecule has 0 saturated heterocycles. The van der Waals surface area contributed by atoms with Gasteiger partial charge in [-0.1, -0.05) is 12.1 Å². The number of hydrogen-bond donors (Lipinski definition) is 0. The molecule has 1 heterocycles. The number of halogens is 1. The number of para-hydroxylation sites is 2. The summed E-state index contributed by atoms with van der Waals surface area (Å²) in [5.41, 5.74) is 1.83. The summed E-state index contributed by atoms with van der Waals surface area (Å²) >= 11 is 4.88. The van der Waals surface area contributed by atoms with Gasteiger partial charge in [-0.2, -0.15) is 0 Å². The minimum Gasteiger partial charge on any atom is -0.495 e. The van der Waals surface area contributed by atoms with E-state index in [9.17, 15) is 4.79 Å². The van der Waals surface area contributed by atoms with Gasteiger partial charge in [0.05, 0.1) is 21.5 Å². The van der Waals surface area contributed by atoms with Crippen molar-refractivity contribution >= 4 is 38.9 Å². The van der Waals surface area contributed by atoms with Crippen LogP contribution in [0.2, 0.25) is 0 Å². The molecule has 1 aromatic heterocycles. The van der Waals surface area contributed by atoms with Crippen LogP contribution in [0.25, 0.3) is 0 Å². The van der Waals surface area contributed by atoms with Crippen LogP contribution in [0.5, 0.6) is 5.75 Å². The van der Waals surface area contributed by atoms with Crippen molar-refractivity contribution in [3.05, 3.63) is 44.6 Å². The zero-order valence-electron chi connectivity index (χ0n) is 10.9. The normalized spacial score (nSPS) is 10.3. The molecule has 1 amide bonds. The number of nitrogens with zero attached hydrogens (tertiary/aromatic N) is 1. The molecule has 0 fully saturated rings. The Kier molecular flexibility index (Phi) is 4.27. The van der Waals surface area contributed by atoms with Crippen molar-refractivity contribution in [3.63, 3.8) is 0 Å². The number of ether oxygens (including phenoxy) is 1. The van der Waals surface area contributed by atoms with E-state index in [1.165, 1.54) is 11.3 Å². The van der Waals surface area contributed by atoms with Gasteiger partial charge in [0.1, 0.15) is 5.75 Å². The second-order valence-corrected chi connectivity index (χ2v) is 6.47. The largest absolute Gasteiger partial charge is 0.495 e. The van der Waals surface area contributed by atoms with Crippen LogP contribution in [0.4, 0.5) is 5.69 Å². The highest BCUT2D eigenvalue weighted by atomic mass is 79.9. The molecule has 2 aromatic rings. The van der Waals surface area contributed by atoms with E-state index in [1.807, 2.05) is 37.3 Å². The molecule has 2 rings (SSSR count). The predicted molar refractivity (Wildman–Crippen MR) is 82.5 cm³/mol. The van der Waals surface area contributed by atoms with Gasteiger partial charge in [0.2, 0.25) is 0 Å². The van der Waals surface area contributed by atoms with Crippen molar-refractivity contribution in [2.75, 3.05) is 19.1 Å². The molecule has 19 heavy (non-hydrogen) atoms. The molecule has 0 aliphatic carbocycles. The number of hydrogen-bond acceptors (Lipinski definition) is 3. The molecule has 0 N–H and O–H groups in total. The highest BCUT2D eigenvalue weighted by Crippen LogP contribution is 2.31. The zero-order chi connectivity index (χ0) is 14.0. The number of thiophene rings is 1. The van der Waals surface area contributed by atoms with Crippen molar-refractivity contribution in [3.8, 4) is 5.75 Å². The van der Waals surface area contributed by atoms with Crippen LogP contribution in [0.15, 0.2) is 34.1 Å². The van der Waals surface area contributed by atoms with Crippen molar-refractivity contribution in [1.29, 1.82) is 0 Å². The van der Waals surface area contributed by atoms with Crippen molar-refractivity contribution in [1.82, 2.24) is 0 Å². The number of rotatable bonds is 3. The summed E-state index contributed by atoms with van der Waals surface area (Å²) in [6.45, 7) is 1.97. The number of carbonyl (C=O) groups excluding carboxylic acids is 1. The second kappa shape index (κ2) is 5.75. The number of methoxy groups -OCH3 is 1. The lowest BCUT2D eigenvalue weighted by atomic mass is 10.2. The molecular weight excluding hydrogens is 326 g/mol. The number of amides is 1. The van der Waals surface area contributed by atoms with Crippen LogP contribution >= 0.6 is 27.3 Å². The lowest BCUT2D eigenvalue weighted by Gasteiger charge is -2.19. The van der Waals surface area contributed by atoms with Gasteiger partial charge in [0, 0.05) is 7.05 Å². The van der Waals surface area contributed by atoms with Crippen LogP contribution in [-0.4, -0.2) is 20.1 Å². The fourth-order valence-corrected chi connectivity index (χ4v) is 3.26. The third kappa shape index (κ3) is 2.82. The molecule has 0 radical (unpaired) electrons. The Bertz CT molecular complexity index is 590. The third-order valence-electron chi connectivity index (χ3n) is 2.82. The van der Waals surface area contributed by atoms with Gasteiger partial charge in [-0.25, -0.2) is 0 Å². The first kappa shape index (κ1) is 14.1. The van der Waals surface area contributed by atoms with Gasteiger partial charge < -0.3 is 9.64 Å². The minimum absolute atomic E-state index is 0.0386. The second-order valence-electron chi connectivity index (χ2n) is 4.10. The number of carbonyl (C=O) groups is 1. The average molecular weight is 340 g/mol. The summed E-state index contributed by atoms with van der Waals surface area (Å²) in [6, 6.07) is 9.37. The lowest BCUT2D eigenvalue weighted by Crippen LogP contribution is -2.25. The first-order valence-corrected chi connectivity index (χ1v) is 7.32. The number of benzene rings is 1. The summed E-state index contributed by atoms with van der Waals surface area (Å²) < 4.78 is 6.27. The zero-order valence-corrected chi connectivity index (χ0v) is 13.3. The average Bonchev–Trinajstić information content (AvgIpc) is 2.77. The Morgan fingerprint density at radius 1 is 1.37 bits per heavy atom. The predicted octanol–water partition coefficient (Wildman–Crippen LogP) is 4.10. The van der Waals surface area contributed by atoms with Crippen LogP contribution in [0, 0.1) is 6.92 Å². The molecule has 0 aliphatic heterocycles. The van der Waals surface area contributed by atoms with Crippen molar-refractivity contribution in [2.24, 2.45) is 0 Å². The smallest absolute Gasteiger partial charge is 0.268 e. The van der Waals surface area contributed by atoms with E-state index in [-0.39, 0.29) is 5.91 Å². The van der Waals surface area contributed by atoms with E-state index in [0.717, 1.165) is 15.0 Å². The summed E-state index contributed by atoms with van der Waals surface area (Å²) in [6.07, 6.45) is 0. The van der Waals surface area contributed by atoms with E-state index < -0.39 is 0 Å². The monoisotopic (exact) mass is 339 g/mol. The fraction of sp³-hybridized carbons (Fsp3) is 0.214. The Hall–Kier alpha value is -1.33. The molecule has 0 saturated carbocycles. The van der Waals surface area contributed by atoms with Crippen molar-refractivity contribution < 1.29 is 9.53 Å². The first-order chi connectivity index (χ1) is 9.04. The van der Waals surface area contributed by atoms with Crippen LogP contribution in [0.3, 0.4) is 0 Å². The van der Waals surface area contributed by atoms with Crippen LogP contribution in [-0.2, 0) is 0 Å². The molecule has 0 atom stereocenters. The molecule has 0 aliphatic rings. The molecule has 0 spiro atoms. The molecule has 1 aromatic carbocycles. The maximum absolute atomic E-state index is 12.4. The Labute approximate surface area is 124 Å². The van der Waals surface area contributed by atoms with Crippen LogP contribution in [0.1, 0.15) is 15.2 Å². The Morgan fingerprint density at radius 2 is 2.05 bits per heavy atom. The molecule has 100 valence electrons. The van der Waals surface area contributed by atoms with E-state index in [4.69, 9.17) is 4.74 Å². The third-order valence-corrected chi connectivity index (χ3v) is 4.94. The van der Waals surface area contributed by atoms with Gasteiger partial charge in [0.15, 0.2) is 0 Å². The first-order valence-electron chi connectivity index (χ1n) is 5.71. The summed E-state index contributed by atoms with van der Waals surface area (Å²) in [4.78, 5) is 14.8. The van der Waals surface area contributed by atoms with Gasteiger partial charge in [-0.3, -0.25) is 4.79 Å². The van der Waals surface area contributed by atoms with E-state index in [0.29, 0.717) is 10.6 Å². The molecular formula is C14H14BrNO2S. The molecule has 5 heteroatoms. The van der Waals surface area contributed by atoms with E-state index in [1.54, 1.807) is 19.1 Å². The van der Waals surface area contributed by atoms with Crippen molar-refractivity contribution in [2.45, 2.75) is 6.92 Å². The highest BCUT2D eigenvalue weighted by molar-refractivity contribution is 9.11. The van der Waals surface area contributed by atoms with Gasteiger partial charge in [-0.05, 0) is 46.6 Å². The van der Waals surface area contributed by atoms with Gasteiger partial charge in [0.25, 0.3) is 5.91 Å². The van der Waals surface area contributed by atoms with Gasteiger partial charge in [-0.15, -0.1) is 11.3 Å². The minimum atomic E-state index is -0.0386. The van der Waals surface area contributed by atoms with Crippen LogP contribution < -0.4 is 9.64 Å². The highest BCUT2D eigenvalue weighted by Gasteiger charge is 2.19. The molecule has 0 bridgehead atoms. The topological polar surface area (TPSA) is 29.5 Å². The lowest BCUT2D eigenvalue weighted by molar-refractivity contribution is 0.0996. The maximum atomic E-state index is 12.4. The standard InChI is InChI=1S/C14H14BrNO2S/c1-9-8-12(19-13(9)15)14(17)16(2)10-6-4-5-7-11(10)18-3/h4-8H,1-3H3. The quantitative estimate of drug-likeness (QED) is 0.842.